The molecule has 0 atom stereocenters. The molecule has 5 heteroatoms. The van der Waals surface area contributed by atoms with Gasteiger partial charge in [0, 0.05) is 26.4 Å². The maximum atomic E-state index is 6.16. The molecule has 0 bridgehead atoms. The van der Waals surface area contributed by atoms with Crippen molar-refractivity contribution in [3.63, 3.8) is 0 Å². The maximum absolute atomic E-state index is 6.16. The zero-order chi connectivity index (χ0) is 13.8. The van der Waals surface area contributed by atoms with Crippen LogP contribution in [0.25, 0.3) is 0 Å². The lowest BCUT2D eigenvalue weighted by molar-refractivity contribution is 0.411. The summed E-state index contributed by atoms with van der Waals surface area (Å²) < 4.78 is 6.37. The molecule has 2 N–H and O–H groups in total. The van der Waals surface area contributed by atoms with Crippen molar-refractivity contribution in [1.82, 2.24) is 0 Å². The minimum absolute atomic E-state index is 0.680. The van der Waals surface area contributed by atoms with Gasteiger partial charge >= 0.3 is 0 Å². The predicted molar refractivity (Wildman–Crippen MR) is 86.1 cm³/mol. The molecule has 0 aliphatic rings. The average molecular weight is 359 g/mol. The van der Waals surface area contributed by atoms with E-state index in [1.165, 1.54) is 0 Å². The van der Waals surface area contributed by atoms with Crippen molar-refractivity contribution in [2.75, 3.05) is 12.8 Å². The molecule has 0 spiro atoms. The van der Waals surface area contributed by atoms with Gasteiger partial charge in [0.25, 0.3) is 0 Å². The van der Waals surface area contributed by atoms with Crippen LogP contribution in [0.2, 0.25) is 5.02 Å². The molecule has 0 heterocycles. The van der Waals surface area contributed by atoms with E-state index < -0.39 is 0 Å². The van der Waals surface area contributed by atoms with Crippen LogP contribution in [0, 0.1) is 0 Å². The number of benzene rings is 2. The van der Waals surface area contributed by atoms with E-state index in [4.69, 9.17) is 22.1 Å². The quantitative estimate of drug-likeness (QED) is 0.618. The van der Waals surface area contributed by atoms with Gasteiger partial charge in [-0.15, -0.1) is 11.8 Å². The van der Waals surface area contributed by atoms with Gasteiger partial charge in [0.05, 0.1) is 12.1 Å². The summed E-state index contributed by atoms with van der Waals surface area (Å²) in [6, 6.07) is 11.5. The Hall–Kier alpha value is -0.840. The van der Waals surface area contributed by atoms with E-state index >= 15 is 0 Å². The van der Waals surface area contributed by atoms with E-state index in [1.807, 2.05) is 36.4 Å². The number of hydrogen-bond donors (Lipinski definition) is 1. The summed E-state index contributed by atoms with van der Waals surface area (Å²) in [5, 5.41) is 0.680. The summed E-state index contributed by atoms with van der Waals surface area (Å²) in [6.45, 7) is 0. The highest BCUT2D eigenvalue weighted by Crippen LogP contribution is 2.36. The summed E-state index contributed by atoms with van der Waals surface area (Å²) in [5.41, 5.74) is 7.74. The number of rotatable bonds is 4. The Balaban J connectivity index is 2.21. The number of nitrogens with two attached hydrogens (primary N) is 1. The monoisotopic (exact) mass is 357 g/mol. The minimum Gasteiger partial charge on any atom is -0.496 e. The summed E-state index contributed by atoms with van der Waals surface area (Å²) >= 11 is 11.2. The third kappa shape index (κ3) is 3.59. The van der Waals surface area contributed by atoms with Gasteiger partial charge in [-0.1, -0.05) is 33.6 Å². The second-order valence-corrected chi connectivity index (χ2v) is 6.21. The third-order valence-corrected chi connectivity index (χ3v) is 4.73. The van der Waals surface area contributed by atoms with Gasteiger partial charge in [-0.2, -0.15) is 0 Å². The van der Waals surface area contributed by atoms with E-state index in [1.54, 1.807) is 18.9 Å². The predicted octanol–water partition coefficient (Wildman–Crippen LogP) is 4.99. The Morgan fingerprint density at radius 2 is 2.11 bits per heavy atom. The molecule has 2 rings (SSSR count). The van der Waals surface area contributed by atoms with E-state index in [0.29, 0.717) is 10.7 Å². The van der Waals surface area contributed by atoms with E-state index in [0.717, 1.165) is 26.4 Å². The normalized spacial score (nSPS) is 10.5. The third-order valence-electron chi connectivity index (χ3n) is 2.61. The van der Waals surface area contributed by atoms with Crippen molar-refractivity contribution < 1.29 is 4.74 Å². The van der Waals surface area contributed by atoms with Crippen LogP contribution in [0.1, 0.15) is 5.56 Å². The molecule has 0 amide bonds. The van der Waals surface area contributed by atoms with Crippen molar-refractivity contribution in [2.45, 2.75) is 10.6 Å². The van der Waals surface area contributed by atoms with Crippen LogP contribution >= 0.6 is 39.3 Å². The summed E-state index contributed by atoms with van der Waals surface area (Å²) in [4.78, 5) is 0.909. The summed E-state index contributed by atoms with van der Waals surface area (Å²) in [6.07, 6.45) is 0. The first-order chi connectivity index (χ1) is 9.11. The number of anilines is 1. The molecular weight excluding hydrogens is 346 g/mol. The van der Waals surface area contributed by atoms with Crippen LogP contribution in [0.4, 0.5) is 5.69 Å². The molecule has 2 aromatic carbocycles. The van der Waals surface area contributed by atoms with Crippen molar-refractivity contribution in [2.24, 2.45) is 0 Å². The van der Waals surface area contributed by atoms with Gasteiger partial charge in [0.1, 0.15) is 5.75 Å². The lowest BCUT2D eigenvalue weighted by Gasteiger charge is -2.11. The molecule has 0 fully saturated rings. The largest absolute Gasteiger partial charge is 0.496 e. The molecule has 0 aliphatic heterocycles. The summed E-state index contributed by atoms with van der Waals surface area (Å²) in [5.74, 6) is 1.61. The summed E-state index contributed by atoms with van der Waals surface area (Å²) in [7, 11) is 1.67. The zero-order valence-electron chi connectivity index (χ0n) is 10.3. The lowest BCUT2D eigenvalue weighted by atomic mass is 10.2. The fourth-order valence-electron chi connectivity index (χ4n) is 1.69. The van der Waals surface area contributed by atoms with Crippen molar-refractivity contribution in [3.05, 3.63) is 51.5 Å². The second-order valence-electron chi connectivity index (χ2n) is 3.90. The molecule has 19 heavy (non-hydrogen) atoms. The molecule has 0 aliphatic carbocycles. The van der Waals surface area contributed by atoms with Crippen LogP contribution in [0.15, 0.2) is 45.8 Å². The fourth-order valence-corrected chi connectivity index (χ4v) is 3.41. The number of hydrogen-bond acceptors (Lipinski definition) is 3. The van der Waals surface area contributed by atoms with Crippen LogP contribution in [0.5, 0.6) is 5.75 Å². The molecule has 0 saturated carbocycles. The molecule has 0 saturated heterocycles. The van der Waals surface area contributed by atoms with Gasteiger partial charge in [-0.3, -0.25) is 0 Å². The van der Waals surface area contributed by atoms with E-state index in [2.05, 4.69) is 15.9 Å². The molecule has 0 aromatic heterocycles. The number of methoxy groups -OCH3 is 1. The Bertz CT molecular complexity index is 571. The second kappa shape index (κ2) is 6.55. The Labute approximate surface area is 130 Å². The van der Waals surface area contributed by atoms with Gasteiger partial charge in [-0.05, 0) is 30.3 Å². The minimum atomic E-state index is 0.680. The SMILES string of the molecule is COc1ccc(Br)cc1CSc1c(N)cccc1Cl. The maximum Gasteiger partial charge on any atom is 0.122 e. The van der Waals surface area contributed by atoms with Crippen LogP contribution < -0.4 is 10.5 Å². The van der Waals surface area contributed by atoms with E-state index in [-0.39, 0.29) is 0 Å². The van der Waals surface area contributed by atoms with Crippen molar-refractivity contribution in [1.29, 1.82) is 0 Å². The first-order valence-corrected chi connectivity index (χ1v) is 7.76. The lowest BCUT2D eigenvalue weighted by Crippen LogP contribution is -1.92. The Morgan fingerprint density at radius 1 is 1.32 bits per heavy atom. The van der Waals surface area contributed by atoms with Crippen LogP contribution in [-0.4, -0.2) is 7.11 Å². The smallest absolute Gasteiger partial charge is 0.122 e. The van der Waals surface area contributed by atoms with Crippen molar-refractivity contribution in [3.8, 4) is 5.75 Å². The van der Waals surface area contributed by atoms with Gasteiger partial charge in [0.2, 0.25) is 0 Å². The number of thioether (sulfide) groups is 1. The van der Waals surface area contributed by atoms with Gasteiger partial charge in [-0.25, -0.2) is 0 Å². The van der Waals surface area contributed by atoms with Crippen molar-refractivity contribution >= 4 is 45.0 Å². The fraction of sp³-hybridized carbons (Fsp3) is 0.143. The Morgan fingerprint density at radius 3 is 2.79 bits per heavy atom. The molecule has 2 nitrogen and oxygen atoms in total. The molecular formula is C14H13BrClNOS. The van der Waals surface area contributed by atoms with E-state index in [9.17, 15) is 0 Å². The number of ether oxygens (including phenoxy) is 1. The average Bonchev–Trinajstić information content (AvgIpc) is 2.38. The van der Waals surface area contributed by atoms with Gasteiger partial charge < -0.3 is 10.5 Å². The topological polar surface area (TPSA) is 35.2 Å². The zero-order valence-corrected chi connectivity index (χ0v) is 13.5. The van der Waals surface area contributed by atoms with Gasteiger partial charge in [0.15, 0.2) is 0 Å². The van der Waals surface area contributed by atoms with Crippen LogP contribution in [-0.2, 0) is 5.75 Å². The molecule has 0 radical (unpaired) electrons. The first kappa shape index (κ1) is 14.6. The first-order valence-electron chi connectivity index (χ1n) is 5.61. The highest BCUT2D eigenvalue weighted by molar-refractivity contribution is 9.10. The number of halogens is 2. The number of nitrogen functional groups attached to an aromatic ring is 1. The highest BCUT2D eigenvalue weighted by atomic mass is 79.9. The molecule has 0 unspecified atom stereocenters. The standard InChI is InChI=1S/C14H13BrClNOS/c1-18-13-6-5-10(15)7-9(13)8-19-14-11(16)3-2-4-12(14)17/h2-7H,8,17H2,1H3. The molecule has 2 aromatic rings. The molecule has 100 valence electrons. The Kier molecular flexibility index (Phi) is 5.02. The van der Waals surface area contributed by atoms with Crippen LogP contribution in [0.3, 0.4) is 0 Å². The highest BCUT2D eigenvalue weighted by Gasteiger charge is 2.09.